The van der Waals surface area contributed by atoms with Gasteiger partial charge in [-0.25, -0.2) is 0 Å². The average molecular weight is 518 g/mol. The first-order chi connectivity index (χ1) is 17.5. The maximum absolute atomic E-state index is 13.4. The van der Waals surface area contributed by atoms with Crippen molar-refractivity contribution in [3.8, 4) is 11.3 Å². The normalized spacial score (nSPS) is 19.8. The third-order valence-electron chi connectivity index (χ3n) is 6.59. The van der Waals surface area contributed by atoms with Crippen LogP contribution in [0, 0.1) is 5.92 Å². The van der Waals surface area contributed by atoms with Crippen molar-refractivity contribution in [3.05, 3.63) is 41.0 Å². The molecular weight excluding hydrogens is 486 g/mol. The number of esters is 1. The van der Waals surface area contributed by atoms with Gasteiger partial charge in [-0.3, -0.25) is 14.4 Å². The molecule has 9 nitrogen and oxygen atoms in total. The van der Waals surface area contributed by atoms with Gasteiger partial charge < -0.3 is 23.8 Å². The topological polar surface area (TPSA) is 102 Å². The van der Waals surface area contributed by atoms with Crippen molar-refractivity contribution in [1.82, 2.24) is 15.0 Å². The molecule has 2 amide bonds. The summed E-state index contributed by atoms with van der Waals surface area (Å²) in [5.74, 6) is -0.582. The number of amides is 2. The van der Waals surface area contributed by atoms with Crippen LogP contribution in [0.15, 0.2) is 34.9 Å². The summed E-state index contributed by atoms with van der Waals surface area (Å²) in [5, 5.41) is 4.48. The molecule has 194 valence electrons. The molecule has 2 aliphatic rings. The fourth-order valence-electron chi connectivity index (χ4n) is 4.68. The Morgan fingerprint density at radius 3 is 2.81 bits per heavy atom. The molecule has 2 atom stereocenters. The number of nitrogens with zero attached hydrogens (tertiary/aromatic N) is 3. The molecule has 0 bridgehead atoms. The van der Waals surface area contributed by atoms with E-state index in [-0.39, 0.29) is 48.5 Å². The minimum absolute atomic E-state index is 0.0813. The first-order valence-corrected chi connectivity index (χ1v) is 12.9. The molecule has 2 aromatic rings. The van der Waals surface area contributed by atoms with E-state index in [2.05, 4.69) is 5.16 Å². The quantitative estimate of drug-likeness (QED) is 0.466. The number of likely N-dealkylation sites (tertiary alicyclic amines) is 1. The van der Waals surface area contributed by atoms with Crippen molar-refractivity contribution in [2.45, 2.75) is 45.1 Å². The number of halogens is 1. The van der Waals surface area contributed by atoms with Gasteiger partial charge >= 0.3 is 5.97 Å². The van der Waals surface area contributed by atoms with E-state index in [0.717, 1.165) is 19.3 Å². The van der Waals surface area contributed by atoms with Crippen LogP contribution in [-0.2, 0) is 19.1 Å². The summed E-state index contributed by atoms with van der Waals surface area (Å²) in [7, 11) is 0. The number of carbonyl (C=O) groups is 3. The summed E-state index contributed by atoms with van der Waals surface area (Å²) in [6, 6.07) is 8.74. The molecule has 0 radical (unpaired) electrons. The van der Waals surface area contributed by atoms with E-state index in [1.807, 2.05) is 12.1 Å². The minimum atomic E-state index is -0.330. The van der Waals surface area contributed by atoms with Gasteiger partial charge in [-0.2, -0.15) is 0 Å². The van der Waals surface area contributed by atoms with Gasteiger partial charge in [0.25, 0.3) is 5.91 Å². The molecule has 0 aliphatic carbocycles. The van der Waals surface area contributed by atoms with Crippen LogP contribution in [0.2, 0.25) is 5.02 Å². The lowest BCUT2D eigenvalue weighted by Gasteiger charge is -2.32. The lowest BCUT2D eigenvalue weighted by atomic mass is 9.98. The molecule has 10 heteroatoms. The lowest BCUT2D eigenvalue weighted by molar-refractivity contribution is -0.151. The molecule has 0 N–H and O–H groups in total. The van der Waals surface area contributed by atoms with E-state index in [4.69, 9.17) is 25.6 Å². The van der Waals surface area contributed by atoms with Crippen LogP contribution in [-0.4, -0.2) is 78.2 Å². The van der Waals surface area contributed by atoms with Crippen molar-refractivity contribution >= 4 is 29.4 Å². The number of ether oxygens (including phenoxy) is 2. The SMILES string of the molecule is CCOC(=O)[C@H]1CCCN(C(=O)CCN(C[C@@H]2CCCO2)C(=O)c2cc(-c3ccccc3Cl)on2)C1. The Balaban J connectivity index is 1.42. The van der Waals surface area contributed by atoms with E-state index >= 15 is 0 Å². The molecule has 2 saturated heterocycles. The predicted octanol–water partition coefficient (Wildman–Crippen LogP) is 3.81. The van der Waals surface area contributed by atoms with Crippen LogP contribution < -0.4 is 0 Å². The molecule has 0 saturated carbocycles. The highest BCUT2D eigenvalue weighted by Gasteiger charge is 2.31. The second-order valence-electron chi connectivity index (χ2n) is 9.12. The number of hydrogen-bond donors (Lipinski definition) is 0. The summed E-state index contributed by atoms with van der Waals surface area (Å²) >= 11 is 6.26. The summed E-state index contributed by atoms with van der Waals surface area (Å²) in [5.41, 5.74) is 0.795. The molecule has 4 rings (SSSR count). The molecule has 1 aromatic carbocycles. The highest BCUT2D eigenvalue weighted by atomic mass is 35.5. The molecule has 2 fully saturated rings. The fraction of sp³-hybridized carbons (Fsp3) is 0.538. The second-order valence-corrected chi connectivity index (χ2v) is 9.53. The zero-order chi connectivity index (χ0) is 25.5. The summed E-state index contributed by atoms with van der Waals surface area (Å²) in [6.07, 6.45) is 3.32. The summed E-state index contributed by atoms with van der Waals surface area (Å²) < 4.78 is 16.3. The largest absolute Gasteiger partial charge is 0.466 e. The lowest BCUT2D eigenvalue weighted by Crippen LogP contribution is -2.45. The number of rotatable bonds is 9. The number of benzene rings is 1. The fourth-order valence-corrected chi connectivity index (χ4v) is 4.91. The van der Waals surface area contributed by atoms with Gasteiger partial charge in [0, 0.05) is 50.8 Å². The van der Waals surface area contributed by atoms with E-state index in [0.29, 0.717) is 55.6 Å². The highest BCUT2D eigenvalue weighted by molar-refractivity contribution is 6.33. The molecular formula is C26H32ClN3O6. The van der Waals surface area contributed by atoms with Crippen LogP contribution in [0.5, 0.6) is 0 Å². The number of aromatic nitrogens is 1. The van der Waals surface area contributed by atoms with Gasteiger partial charge in [-0.1, -0.05) is 28.9 Å². The van der Waals surface area contributed by atoms with Crippen molar-refractivity contribution in [2.24, 2.45) is 5.92 Å². The van der Waals surface area contributed by atoms with E-state index in [9.17, 15) is 14.4 Å². The van der Waals surface area contributed by atoms with Gasteiger partial charge in [-0.05, 0) is 44.7 Å². The Hall–Kier alpha value is -2.91. The smallest absolute Gasteiger partial charge is 0.310 e. The minimum Gasteiger partial charge on any atom is -0.466 e. The van der Waals surface area contributed by atoms with Crippen LogP contribution >= 0.6 is 11.6 Å². The Bertz CT molecular complexity index is 1070. The number of carbonyl (C=O) groups excluding carboxylic acids is 3. The van der Waals surface area contributed by atoms with Gasteiger partial charge in [0.15, 0.2) is 11.5 Å². The van der Waals surface area contributed by atoms with E-state index in [1.165, 1.54) is 0 Å². The first kappa shape index (κ1) is 26.2. The highest BCUT2D eigenvalue weighted by Crippen LogP contribution is 2.28. The molecule has 3 heterocycles. The Kier molecular flexibility index (Phi) is 8.98. The molecule has 0 unspecified atom stereocenters. The summed E-state index contributed by atoms with van der Waals surface area (Å²) in [6.45, 7) is 4.29. The van der Waals surface area contributed by atoms with Crippen LogP contribution in [0.1, 0.15) is 49.5 Å². The number of piperidine rings is 1. The Morgan fingerprint density at radius 1 is 1.22 bits per heavy atom. The third kappa shape index (κ3) is 6.44. The van der Waals surface area contributed by atoms with Crippen molar-refractivity contribution in [3.63, 3.8) is 0 Å². The van der Waals surface area contributed by atoms with Crippen LogP contribution in [0.25, 0.3) is 11.3 Å². The third-order valence-corrected chi connectivity index (χ3v) is 6.92. The van der Waals surface area contributed by atoms with Gasteiger partial charge in [-0.15, -0.1) is 0 Å². The Morgan fingerprint density at radius 2 is 2.06 bits per heavy atom. The zero-order valence-corrected chi connectivity index (χ0v) is 21.2. The van der Waals surface area contributed by atoms with Crippen LogP contribution in [0.3, 0.4) is 0 Å². The monoisotopic (exact) mass is 517 g/mol. The first-order valence-electron chi connectivity index (χ1n) is 12.5. The van der Waals surface area contributed by atoms with Crippen molar-refractivity contribution < 1.29 is 28.4 Å². The van der Waals surface area contributed by atoms with Gasteiger partial charge in [0.05, 0.1) is 23.7 Å². The maximum Gasteiger partial charge on any atom is 0.310 e. The zero-order valence-electron chi connectivity index (χ0n) is 20.5. The van der Waals surface area contributed by atoms with Crippen LogP contribution in [0.4, 0.5) is 0 Å². The predicted molar refractivity (Wildman–Crippen MR) is 132 cm³/mol. The van der Waals surface area contributed by atoms with Gasteiger partial charge in [0.1, 0.15) is 0 Å². The van der Waals surface area contributed by atoms with Crippen molar-refractivity contribution in [2.75, 3.05) is 39.4 Å². The standard InChI is InChI=1S/C26H32ClN3O6/c1-2-34-26(33)18-7-5-12-29(16-18)24(31)11-13-30(17-19-8-6-14-35-19)25(32)22-15-23(36-28-22)20-9-3-4-10-21(20)27/h3-4,9-10,15,18-19H,2,5-8,11-14,16-17H2,1H3/t18-,19-/m0/s1. The van der Waals surface area contributed by atoms with E-state index in [1.54, 1.807) is 34.9 Å². The summed E-state index contributed by atoms with van der Waals surface area (Å²) in [4.78, 5) is 41.9. The van der Waals surface area contributed by atoms with Gasteiger partial charge in [0.2, 0.25) is 5.91 Å². The van der Waals surface area contributed by atoms with E-state index < -0.39 is 0 Å². The second kappa shape index (κ2) is 12.4. The molecule has 2 aliphatic heterocycles. The molecule has 36 heavy (non-hydrogen) atoms. The average Bonchev–Trinajstić information content (AvgIpc) is 3.59. The molecule has 1 aromatic heterocycles. The number of hydrogen-bond acceptors (Lipinski definition) is 7. The Labute approximate surface area is 215 Å². The molecule has 0 spiro atoms. The maximum atomic E-state index is 13.4. The van der Waals surface area contributed by atoms with Crippen molar-refractivity contribution in [1.29, 1.82) is 0 Å².